The largest absolute Gasteiger partial charge is 0.452 e. The van der Waals surface area contributed by atoms with E-state index in [0.29, 0.717) is 5.57 Å². The van der Waals surface area contributed by atoms with Gasteiger partial charge in [-0.1, -0.05) is 12.1 Å². The molecule has 0 fully saturated rings. The van der Waals surface area contributed by atoms with Crippen LogP contribution in [0, 0.1) is 0 Å². The molecule has 0 bridgehead atoms. The third kappa shape index (κ3) is 5.35. The smallest absolute Gasteiger partial charge is 0.340 e. The van der Waals surface area contributed by atoms with Crippen LogP contribution >= 0.6 is 22.7 Å². The minimum Gasteiger partial charge on any atom is -0.452 e. The third-order valence-electron chi connectivity index (χ3n) is 2.63. The first-order chi connectivity index (χ1) is 11.1. The van der Waals surface area contributed by atoms with Crippen molar-refractivity contribution in [3.8, 4) is 0 Å². The lowest BCUT2D eigenvalue weighted by molar-refractivity contribution is -0.143. The Kier molecular flexibility index (Phi) is 6.07. The summed E-state index contributed by atoms with van der Waals surface area (Å²) in [6.45, 7) is -0.765. The molecular formula is C15H14N2O4S2. The zero-order valence-electron chi connectivity index (χ0n) is 12.0. The molecule has 0 atom stereocenters. The molecule has 0 aliphatic carbocycles. The summed E-state index contributed by atoms with van der Waals surface area (Å²) in [5.74, 6) is -1.85. The molecule has 2 rings (SSSR count). The first-order valence-corrected chi connectivity index (χ1v) is 8.33. The molecule has 2 heterocycles. The standard InChI is InChI=1S/C15H14N2O4S2/c16-13(18)8-17-14(19)9-21-15(20)11(12-4-2-6-23-12)7-10-3-1-5-22-10/h1-7H,8-9H2,(H2,16,18)(H,17,19)/b11-7+. The molecule has 2 aromatic rings. The van der Waals surface area contributed by atoms with Crippen molar-refractivity contribution in [1.82, 2.24) is 5.32 Å². The van der Waals surface area contributed by atoms with Gasteiger partial charge in [-0.3, -0.25) is 9.59 Å². The minimum absolute atomic E-state index is 0.292. The number of esters is 1. The monoisotopic (exact) mass is 350 g/mol. The van der Waals surface area contributed by atoms with Crippen LogP contribution in [0.2, 0.25) is 0 Å². The van der Waals surface area contributed by atoms with Crippen molar-refractivity contribution in [2.75, 3.05) is 13.2 Å². The van der Waals surface area contributed by atoms with Crippen LogP contribution in [0.4, 0.5) is 0 Å². The molecule has 0 saturated carbocycles. The Hall–Kier alpha value is -2.45. The van der Waals surface area contributed by atoms with Gasteiger partial charge in [0.15, 0.2) is 6.61 Å². The van der Waals surface area contributed by atoms with E-state index in [1.807, 2.05) is 29.0 Å². The summed E-state index contributed by atoms with van der Waals surface area (Å²) < 4.78 is 5.01. The second-order valence-corrected chi connectivity index (χ2v) is 6.30. The molecule has 0 aliphatic rings. The third-order valence-corrected chi connectivity index (χ3v) is 4.35. The Labute approximate surface area is 140 Å². The number of hydrogen-bond acceptors (Lipinski definition) is 6. The van der Waals surface area contributed by atoms with Crippen LogP contribution in [0.25, 0.3) is 11.6 Å². The van der Waals surface area contributed by atoms with E-state index in [1.165, 1.54) is 22.7 Å². The number of carbonyl (C=O) groups is 3. The molecule has 0 spiro atoms. The zero-order valence-corrected chi connectivity index (χ0v) is 13.6. The molecule has 8 heteroatoms. The van der Waals surface area contributed by atoms with Gasteiger partial charge in [0, 0.05) is 9.75 Å². The summed E-state index contributed by atoms with van der Waals surface area (Å²) in [6, 6.07) is 7.39. The van der Waals surface area contributed by atoms with E-state index >= 15 is 0 Å². The molecule has 0 aromatic carbocycles. The predicted octanol–water partition coefficient (Wildman–Crippen LogP) is 1.49. The first kappa shape index (κ1) is 16.9. The van der Waals surface area contributed by atoms with E-state index in [0.717, 1.165) is 9.75 Å². The average molecular weight is 350 g/mol. The predicted molar refractivity (Wildman–Crippen MR) is 89.7 cm³/mol. The highest BCUT2D eigenvalue weighted by atomic mass is 32.1. The van der Waals surface area contributed by atoms with Gasteiger partial charge in [-0.25, -0.2) is 4.79 Å². The Balaban J connectivity index is 2.03. The summed E-state index contributed by atoms with van der Waals surface area (Å²) in [7, 11) is 0. The fourth-order valence-electron chi connectivity index (χ4n) is 1.62. The lowest BCUT2D eigenvalue weighted by Gasteiger charge is -2.07. The van der Waals surface area contributed by atoms with Gasteiger partial charge < -0.3 is 15.8 Å². The Morgan fingerprint density at radius 2 is 1.91 bits per heavy atom. The number of rotatable bonds is 7. The maximum atomic E-state index is 12.3. The highest BCUT2D eigenvalue weighted by Crippen LogP contribution is 2.25. The van der Waals surface area contributed by atoms with Crippen LogP contribution in [0.15, 0.2) is 35.0 Å². The van der Waals surface area contributed by atoms with Gasteiger partial charge in [0.1, 0.15) is 0 Å². The van der Waals surface area contributed by atoms with Gasteiger partial charge in [-0.2, -0.15) is 0 Å². The second-order valence-electron chi connectivity index (χ2n) is 4.37. The van der Waals surface area contributed by atoms with Crippen LogP contribution in [0.5, 0.6) is 0 Å². The van der Waals surface area contributed by atoms with Crippen LogP contribution in [0.3, 0.4) is 0 Å². The van der Waals surface area contributed by atoms with Gasteiger partial charge in [0.2, 0.25) is 5.91 Å². The number of nitrogens with two attached hydrogens (primary N) is 1. The van der Waals surface area contributed by atoms with Gasteiger partial charge in [0.05, 0.1) is 12.1 Å². The van der Waals surface area contributed by atoms with Crippen molar-refractivity contribution in [3.63, 3.8) is 0 Å². The second kappa shape index (κ2) is 8.25. The Bertz CT molecular complexity index is 706. The minimum atomic E-state index is -0.665. The fourth-order valence-corrected chi connectivity index (χ4v) is 3.01. The highest BCUT2D eigenvalue weighted by Gasteiger charge is 2.16. The van der Waals surface area contributed by atoms with Crippen molar-refractivity contribution >= 4 is 52.1 Å². The average Bonchev–Trinajstić information content (AvgIpc) is 3.21. The summed E-state index contributed by atoms with van der Waals surface area (Å²) >= 11 is 2.89. The fraction of sp³-hybridized carbons (Fsp3) is 0.133. The zero-order chi connectivity index (χ0) is 16.7. The number of carbonyl (C=O) groups excluding carboxylic acids is 3. The van der Waals surface area contributed by atoms with Crippen LogP contribution < -0.4 is 11.1 Å². The number of hydrogen-bond donors (Lipinski definition) is 2. The maximum Gasteiger partial charge on any atom is 0.340 e. The normalized spacial score (nSPS) is 11.0. The molecule has 2 amide bonds. The van der Waals surface area contributed by atoms with Gasteiger partial charge in [0.25, 0.3) is 5.91 Å². The molecule has 23 heavy (non-hydrogen) atoms. The Morgan fingerprint density at radius 1 is 1.17 bits per heavy atom. The molecule has 6 nitrogen and oxygen atoms in total. The van der Waals surface area contributed by atoms with E-state index < -0.39 is 24.4 Å². The summed E-state index contributed by atoms with van der Waals surface area (Å²) in [5.41, 5.74) is 5.30. The van der Waals surface area contributed by atoms with Crippen LogP contribution in [-0.4, -0.2) is 30.9 Å². The molecule has 0 saturated heterocycles. The highest BCUT2D eigenvalue weighted by molar-refractivity contribution is 7.12. The van der Waals surface area contributed by atoms with E-state index in [-0.39, 0.29) is 6.54 Å². The lowest BCUT2D eigenvalue weighted by Crippen LogP contribution is -2.36. The van der Waals surface area contributed by atoms with E-state index in [4.69, 9.17) is 10.5 Å². The van der Waals surface area contributed by atoms with Crippen molar-refractivity contribution in [1.29, 1.82) is 0 Å². The lowest BCUT2D eigenvalue weighted by atomic mass is 10.2. The number of primary amides is 1. The Morgan fingerprint density at radius 3 is 2.52 bits per heavy atom. The van der Waals surface area contributed by atoms with E-state index in [9.17, 15) is 14.4 Å². The van der Waals surface area contributed by atoms with Crippen molar-refractivity contribution in [2.24, 2.45) is 5.73 Å². The maximum absolute atomic E-state index is 12.3. The van der Waals surface area contributed by atoms with Crippen molar-refractivity contribution < 1.29 is 19.1 Å². The molecule has 0 unspecified atom stereocenters. The molecular weight excluding hydrogens is 336 g/mol. The quantitative estimate of drug-likeness (QED) is 0.584. The molecule has 120 valence electrons. The van der Waals surface area contributed by atoms with Gasteiger partial charge in [-0.15, -0.1) is 22.7 Å². The van der Waals surface area contributed by atoms with Gasteiger partial charge in [-0.05, 0) is 29.0 Å². The van der Waals surface area contributed by atoms with Gasteiger partial charge >= 0.3 is 5.97 Å². The van der Waals surface area contributed by atoms with E-state index in [2.05, 4.69) is 5.32 Å². The summed E-state index contributed by atoms with van der Waals surface area (Å²) in [6.07, 6.45) is 1.72. The summed E-state index contributed by atoms with van der Waals surface area (Å²) in [5, 5.41) is 6.01. The van der Waals surface area contributed by atoms with Crippen molar-refractivity contribution in [2.45, 2.75) is 0 Å². The number of nitrogens with one attached hydrogen (secondary N) is 1. The van der Waals surface area contributed by atoms with Crippen LogP contribution in [0.1, 0.15) is 9.75 Å². The van der Waals surface area contributed by atoms with Crippen molar-refractivity contribution in [3.05, 3.63) is 44.8 Å². The number of amides is 2. The first-order valence-electron chi connectivity index (χ1n) is 6.57. The van der Waals surface area contributed by atoms with Crippen LogP contribution in [-0.2, 0) is 19.1 Å². The number of thiophene rings is 2. The topological polar surface area (TPSA) is 98.5 Å². The SMILES string of the molecule is NC(=O)CNC(=O)COC(=O)/C(=C/c1cccs1)c1cccs1. The molecule has 0 aliphatic heterocycles. The van der Waals surface area contributed by atoms with E-state index in [1.54, 1.807) is 12.1 Å². The molecule has 2 aromatic heterocycles. The summed E-state index contributed by atoms with van der Waals surface area (Å²) in [4.78, 5) is 36.0. The number of ether oxygens (including phenoxy) is 1. The molecule has 3 N–H and O–H groups in total. The molecule has 0 radical (unpaired) electrons.